The van der Waals surface area contributed by atoms with E-state index in [1.807, 2.05) is 0 Å². The summed E-state index contributed by atoms with van der Waals surface area (Å²) in [7, 11) is -7.69. The molecule has 142 valence electrons. The summed E-state index contributed by atoms with van der Waals surface area (Å²) < 4.78 is 59.2. The van der Waals surface area contributed by atoms with Gasteiger partial charge in [-0.3, -0.25) is 4.55 Å². The molecule has 0 amide bonds. The Hall–Kier alpha value is -1.79. The molecule has 0 aromatic heterocycles. The maximum atomic E-state index is 10.7. The van der Waals surface area contributed by atoms with Crippen LogP contribution in [0.15, 0.2) is 48.6 Å². The number of nitrogens with two attached hydrogens (primary N) is 1. The third kappa shape index (κ3) is 9.94. The number of esters is 1. The van der Waals surface area contributed by atoms with Gasteiger partial charge >= 0.3 is 5.97 Å². The average Bonchev–Trinajstić information content (AvgIpc) is 2.54. The summed E-state index contributed by atoms with van der Waals surface area (Å²) in [5.41, 5.74) is 1.08. The molecular weight excluding hydrogens is 374 g/mol. The Bertz CT molecular complexity index is 763. The summed E-state index contributed by atoms with van der Waals surface area (Å²) in [4.78, 5) is 10.7. The van der Waals surface area contributed by atoms with Gasteiger partial charge in [0.15, 0.2) is 0 Å². The highest BCUT2D eigenvalue weighted by Crippen LogP contribution is 2.16. The van der Waals surface area contributed by atoms with Crippen LogP contribution < -0.4 is 5.90 Å². The predicted molar refractivity (Wildman–Crippen MR) is 92.2 cm³/mol. The van der Waals surface area contributed by atoms with Crippen LogP contribution in [0.25, 0.3) is 0 Å². The normalized spacial score (nSPS) is 16.9. The molecule has 1 unspecified atom stereocenters. The summed E-state index contributed by atoms with van der Waals surface area (Å²) in [6, 6.07) is 0. The molecule has 0 aliphatic heterocycles. The van der Waals surface area contributed by atoms with Gasteiger partial charge in [0.1, 0.15) is 17.6 Å². The fourth-order valence-electron chi connectivity index (χ4n) is 1.40. The number of rotatable bonds is 7. The molecule has 1 aliphatic rings. The van der Waals surface area contributed by atoms with Crippen LogP contribution in [0.3, 0.4) is 0 Å². The Morgan fingerprint density at radius 2 is 2.04 bits per heavy atom. The highest BCUT2D eigenvalue weighted by molar-refractivity contribution is 7.86. The second-order valence-electron chi connectivity index (χ2n) is 4.83. The van der Waals surface area contributed by atoms with Crippen LogP contribution in [0.5, 0.6) is 0 Å². The average molecular weight is 395 g/mol. The van der Waals surface area contributed by atoms with Gasteiger partial charge in [0.25, 0.3) is 20.2 Å². The van der Waals surface area contributed by atoms with Gasteiger partial charge in [-0.25, -0.2) is 4.79 Å². The van der Waals surface area contributed by atoms with Crippen molar-refractivity contribution in [2.45, 2.75) is 18.6 Å². The molecule has 0 spiro atoms. The lowest BCUT2D eigenvalue weighted by Crippen LogP contribution is -2.20. The van der Waals surface area contributed by atoms with Crippen molar-refractivity contribution in [2.75, 3.05) is 12.4 Å². The van der Waals surface area contributed by atoms with Gasteiger partial charge in [-0.15, -0.1) is 0 Å². The number of allylic oxidation sites excluding steroid dienone is 4. The standard InChI is InChI=1S/C8H10O3S.C6H11NO5S/c1-2-7-3-5-8(6-4-7)12(9,10)11;1-5(2)6(8)11-3-4-13(9,10)12-7/h2-5,8H,1,6H2,(H,9,10,11);1,3-4,7H2,2H3. The number of hydrogen-bond donors (Lipinski definition) is 2. The topological polar surface area (TPSA) is 150 Å². The van der Waals surface area contributed by atoms with E-state index >= 15 is 0 Å². The summed E-state index contributed by atoms with van der Waals surface area (Å²) >= 11 is 0. The minimum atomic E-state index is -3.92. The van der Waals surface area contributed by atoms with Crippen LogP contribution in [0.2, 0.25) is 0 Å². The molecule has 0 saturated carbocycles. The van der Waals surface area contributed by atoms with Crippen LogP contribution in [0.4, 0.5) is 0 Å². The zero-order valence-electron chi connectivity index (χ0n) is 13.6. The fraction of sp³-hybridized carbons (Fsp3) is 0.357. The first-order chi connectivity index (χ1) is 11.4. The number of carbonyl (C=O) groups excluding carboxylic acids is 1. The molecule has 1 atom stereocenters. The van der Waals surface area contributed by atoms with E-state index in [0.717, 1.165) is 5.57 Å². The van der Waals surface area contributed by atoms with Crippen molar-refractivity contribution in [1.82, 2.24) is 0 Å². The molecule has 1 rings (SSSR count). The molecule has 1 aliphatic carbocycles. The number of hydrogen-bond acceptors (Lipinski definition) is 8. The lowest BCUT2D eigenvalue weighted by atomic mass is 10.1. The summed E-state index contributed by atoms with van der Waals surface area (Å²) in [6.45, 7) is 8.00. The van der Waals surface area contributed by atoms with E-state index in [1.165, 1.54) is 13.0 Å². The summed E-state index contributed by atoms with van der Waals surface area (Å²) in [5, 5.41) is -0.791. The first-order valence-electron chi connectivity index (χ1n) is 6.83. The van der Waals surface area contributed by atoms with Crippen molar-refractivity contribution in [3.63, 3.8) is 0 Å². The van der Waals surface area contributed by atoms with E-state index in [9.17, 15) is 21.6 Å². The van der Waals surface area contributed by atoms with E-state index in [1.54, 1.807) is 18.2 Å². The summed E-state index contributed by atoms with van der Waals surface area (Å²) in [6.07, 6.45) is 6.78. The second-order valence-corrected chi connectivity index (χ2v) is 8.18. The quantitative estimate of drug-likeness (QED) is 0.274. The second kappa shape index (κ2) is 10.3. The first kappa shape index (κ1) is 23.2. The van der Waals surface area contributed by atoms with Crippen molar-refractivity contribution >= 4 is 26.2 Å². The van der Waals surface area contributed by atoms with E-state index in [4.69, 9.17) is 4.55 Å². The van der Waals surface area contributed by atoms with Crippen LogP contribution in [0.1, 0.15) is 13.3 Å². The molecular formula is C14H21NO8S2. The highest BCUT2D eigenvalue weighted by Gasteiger charge is 2.20. The van der Waals surface area contributed by atoms with Crippen LogP contribution in [-0.2, 0) is 34.1 Å². The van der Waals surface area contributed by atoms with Gasteiger partial charge in [-0.05, 0) is 18.9 Å². The van der Waals surface area contributed by atoms with E-state index in [0.29, 0.717) is 6.42 Å². The fourth-order valence-corrected chi connectivity index (χ4v) is 2.40. The van der Waals surface area contributed by atoms with Gasteiger partial charge in [0.2, 0.25) is 0 Å². The van der Waals surface area contributed by atoms with Crippen molar-refractivity contribution in [3.05, 3.63) is 48.6 Å². The van der Waals surface area contributed by atoms with Gasteiger partial charge < -0.3 is 4.74 Å². The zero-order chi connectivity index (χ0) is 19.7. The van der Waals surface area contributed by atoms with Gasteiger partial charge in [-0.1, -0.05) is 37.5 Å². The molecule has 25 heavy (non-hydrogen) atoms. The molecule has 3 N–H and O–H groups in total. The van der Waals surface area contributed by atoms with Crippen LogP contribution in [0, 0.1) is 0 Å². The Morgan fingerprint density at radius 1 is 1.44 bits per heavy atom. The Balaban J connectivity index is 0.000000462. The maximum Gasteiger partial charge on any atom is 0.333 e. The third-order valence-corrected chi connectivity index (χ3v) is 4.84. The van der Waals surface area contributed by atoms with Gasteiger partial charge in [-0.2, -0.15) is 27.0 Å². The minimum Gasteiger partial charge on any atom is -0.461 e. The number of carbonyl (C=O) groups is 1. The molecule has 0 fully saturated rings. The molecule has 0 radical (unpaired) electrons. The number of ether oxygens (including phenoxy) is 1. The monoisotopic (exact) mass is 395 g/mol. The molecule has 0 heterocycles. The van der Waals surface area contributed by atoms with Gasteiger partial charge in [0, 0.05) is 5.57 Å². The smallest absolute Gasteiger partial charge is 0.333 e. The first-order valence-corrected chi connectivity index (χ1v) is 9.91. The van der Waals surface area contributed by atoms with E-state index in [-0.39, 0.29) is 12.2 Å². The third-order valence-electron chi connectivity index (χ3n) is 2.77. The lowest BCUT2D eigenvalue weighted by molar-refractivity contribution is -0.138. The Labute approximate surface area is 147 Å². The molecule has 11 heteroatoms. The van der Waals surface area contributed by atoms with Crippen molar-refractivity contribution in [1.29, 1.82) is 0 Å². The molecule has 0 aromatic rings. The lowest BCUT2D eigenvalue weighted by Gasteiger charge is -2.10. The predicted octanol–water partition coefficient (Wildman–Crippen LogP) is 0.641. The molecule has 9 nitrogen and oxygen atoms in total. The van der Waals surface area contributed by atoms with E-state index in [2.05, 4.69) is 28.1 Å². The molecule has 0 bridgehead atoms. The van der Waals surface area contributed by atoms with Crippen LogP contribution >= 0.6 is 0 Å². The Kier molecular flexibility index (Phi) is 9.52. The molecule has 0 aromatic carbocycles. The van der Waals surface area contributed by atoms with Crippen molar-refractivity contribution < 1.29 is 35.2 Å². The maximum absolute atomic E-state index is 10.7. The SMILES string of the molecule is C=C(C)C(=O)OCCS(=O)(=O)ON.C=CC1=CCC(S(=O)(=O)O)C=C1. The summed E-state index contributed by atoms with van der Waals surface area (Å²) in [5.74, 6) is 3.32. The molecule has 0 saturated heterocycles. The largest absolute Gasteiger partial charge is 0.461 e. The van der Waals surface area contributed by atoms with Crippen LogP contribution in [-0.4, -0.2) is 45.0 Å². The van der Waals surface area contributed by atoms with Crippen molar-refractivity contribution in [2.24, 2.45) is 5.90 Å². The zero-order valence-corrected chi connectivity index (χ0v) is 15.3. The van der Waals surface area contributed by atoms with E-state index < -0.39 is 37.2 Å². The minimum absolute atomic E-state index is 0.200. The Morgan fingerprint density at radius 3 is 2.40 bits per heavy atom. The van der Waals surface area contributed by atoms with Gasteiger partial charge in [0.05, 0.1) is 0 Å². The van der Waals surface area contributed by atoms with Crippen molar-refractivity contribution in [3.8, 4) is 0 Å². The highest BCUT2D eigenvalue weighted by atomic mass is 32.2.